The van der Waals surface area contributed by atoms with Crippen LogP contribution in [0, 0.1) is 12.7 Å². The van der Waals surface area contributed by atoms with E-state index in [-0.39, 0.29) is 18.5 Å². The first-order valence-electron chi connectivity index (χ1n) is 6.78. The highest BCUT2D eigenvalue weighted by Gasteiger charge is 2.15. The Hall–Kier alpha value is -2.28. The van der Waals surface area contributed by atoms with Crippen molar-refractivity contribution in [2.75, 3.05) is 0 Å². The summed E-state index contributed by atoms with van der Waals surface area (Å²) in [5.41, 5.74) is 0.384. The molecule has 0 bridgehead atoms. The number of carboxylic acids is 1. The van der Waals surface area contributed by atoms with E-state index in [4.69, 9.17) is 5.11 Å². The number of carbonyl (C=O) groups is 1. The highest BCUT2D eigenvalue weighted by Crippen LogP contribution is 2.33. The third-order valence-electron chi connectivity index (χ3n) is 3.46. The van der Waals surface area contributed by atoms with E-state index in [9.17, 15) is 14.0 Å². The number of hydrogen-bond donors (Lipinski definition) is 1. The first kappa shape index (κ1) is 14.6. The van der Waals surface area contributed by atoms with Gasteiger partial charge in [0, 0.05) is 23.1 Å². The SMILES string of the molecule is Cc1nn(CCCC(=O)O)c(=O)c2c1sc1ccc(F)cc12. The summed E-state index contributed by atoms with van der Waals surface area (Å²) in [6.45, 7) is 2.02. The van der Waals surface area contributed by atoms with E-state index in [1.165, 1.54) is 28.2 Å². The summed E-state index contributed by atoms with van der Waals surface area (Å²) in [6, 6.07) is 4.38. The number of aromatic nitrogens is 2. The third-order valence-corrected chi connectivity index (χ3v) is 4.74. The van der Waals surface area contributed by atoms with E-state index >= 15 is 0 Å². The molecule has 7 heteroatoms. The molecule has 0 aliphatic rings. The quantitative estimate of drug-likeness (QED) is 0.802. The normalized spacial score (nSPS) is 11.4. The Kier molecular flexibility index (Phi) is 3.66. The van der Waals surface area contributed by atoms with Crippen molar-refractivity contribution in [1.82, 2.24) is 9.78 Å². The van der Waals surface area contributed by atoms with Gasteiger partial charge < -0.3 is 5.11 Å². The average molecular weight is 320 g/mol. The molecule has 0 saturated heterocycles. The summed E-state index contributed by atoms with van der Waals surface area (Å²) in [7, 11) is 0. The first-order chi connectivity index (χ1) is 10.5. The van der Waals surface area contributed by atoms with Crippen LogP contribution < -0.4 is 5.56 Å². The number of aliphatic carboxylic acids is 1. The fourth-order valence-electron chi connectivity index (χ4n) is 2.47. The van der Waals surface area contributed by atoms with Gasteiger partial charge >= 0.3 is 5.97 Å². The van der Waals surface area contributed by atoms with E-state index in [1.54, 1.807) is 13.0 Å². The lowest BCUT2D eigenvalue weighted by molar-refractivity contribution is -0.137. The van der Waals surface area contributed by atoms with Gasteiger partial charge in [0.05, 0.1) is 15.8 Å². The highest BCUT2D eigenvalue weighted by molar-refractivity contribution is 7.26. The number of aryl methyl sites for hydroxylation is 2. The smallest absolute Gasteiger partial charge is 0.303 e. The molecule has 0 spiro atoms. The third kappa shape index (κ3) is 2.48. The number of carboxylic acid groups (broad SMARTS) is 1. The van der Waals surface area contributed by atoms with Crippen molar-refractivity contribution in [2.45, 2.75) is 26.3 Å². The van der Waals surface area contributed by atoms with Crippen molar-refractivity contribution in [3.63, 3.8) is 0 Å². The van der Waals surface area contributed by atoms with Crippen LogP contribution in [0.5, 0.6) is 0 Å². The lowest BCUT2D eigenvalue weighted by Crippen LogP contribution is -2.24. The fraction of sp³-hybridized carbons (Fsp3) is 0.267. The van der Waals surface area contributed by atoms with Crippen LogP contribution >= 0.6 is 11.3 Å². The molecule has 0 atom stereocenters. The Morgan fingerprint density at radius 1 is 1.45 bits per heavy atom. The van der Waals surface area contributed by atoms with Crippen molar-refractivity contribution >= 4 is 37.5 Å². The van der Waals surface area contributed by atoms with Gasteiger partial charge in [-0.05, 0) is 31.5 Å². The van der Waals surface area contributed by atoms with Gasteiger partial charge in [-0.2, -0.15) is 5.10 Å². The van der Waals surface area contributed by atoms with Crippen molar-refractivity contribution < 1.29 is 14.3 Å². The lowest BCUT2D eigenvalue weighted by Gasteiger charge is -2.05. The molecule has 0 unspecified atom stereocenters. The van der Waals surface area contributed by atoms with Crippen molar-refractivity contribution in [1.29, 1.82) is 0 Å². The molecule has 0 aliphatic heterocycles. The molecule has 0 aliphatic carbocycles. The Bertz CT molecular complexity index is 945. The Morgan fingerprint density at radius 2 is 2.23 bits per heavy atom. The van der Waals surface area contributed by atoms with Gasteiger partial charge in [-0.1, -0.05) is 0 Å². The second-order valence-electron chi connectivity index (χ2n) is 5.06. The van der Waals surface area contributed by atoms with Gasteiger partial charge in [-0.3, -0.25) is 9.59 Å². The second-order valence-corrected chi connectivity index (χ2v) is 6.11. The minimum atomic E-state index is -0.908. The number of thiophene rings is 1. The Balaban J connectivity index is 2.18. The van der Waals surface area contributed by atoms with Gasteiger partial charge in [0.1, 0.15) is 5.82 Å². The number of nitrogens with zero attached hydrogens (tertiary/aromatic N) is 2. The van der Waals surface area contributed by atoms with Crippen LogP contribution in [0.2, 0.25) is 0 Å². The van der Waals surface area contributed by atoms with E-state index < -0.39 is 11.8 Å². The molecular formula is C15H13FN2O3S. The predicted octanol–water partition coefficient (Wildman–Crippen LogP) is 2.92. The van der Waals surface area contributed by atoms with Gasteiger partial charge in [0.25, 0.3) is 5.56 Å². The maximum absolute atomic E-state index is 13.5. The van der Waals surface area contributed by atoms with Gasteiger partial charge in [-0.15, -0.1) is 11.3 Å². The average Bonchev–Trinajstić information content (AvgIpc) is 2.83. The van der Waals surface area contributed by atoms with E-state index in [1.807, 2.05) is 0 Å². The molecule has 22 heavy (non-hydrogen) atoms. The monoisotopic (exact) mass is 320 g/mol. The number of fused-ring (bicyclic) bond motifs is 3. The van der Waals surface area contributed by atoms with E-state index in [0.29, 0.717) is 22.9 Å². The van der Waals surface area contributed by atoms with Gasteiger partial charge in [0.15, 0.2) is 0 Å². The van der Waals surface area contributed by atoms with E-state index in [2.05, 4.69) is 5.10 Å². The second kappa shape index (κ2) is 5.49. The maximum Gasteiger partial charge on any atom is 0.303 e. The molecule has 3 rings (SSSR count). The highest BCUT2D eigenvalue weighted by atomic mass is 32.1. The largest absolute Gasteiger partial charge is 0.481 e. The molecule has 0 fully saturated rings. The number of benzene rings is 1. The molecule has 1 N–H and O–H groups in total. The zero-order valence-corrected chi connectivity index (χ0v) is 12.6. The molecule has 5 nitrogen and oxygen atoms in total. The Labute approximate surface area is 128 Å². The molecular weight excluding hydrogens is 307 g/mol. The molecule has 1 aromatic carbocycles. The van der Waals surface area contributed by atoms with Crippen LogP contribution in [0.1, 0.15) is 18.5 Å². The molecule has 3 aromatic rings. The standard InChI is InChI=1S/C15H13FN2O3S/c1-8-14-13(10-7-9(16)4-5-11(10)22-14)15(21)18(17-8)6-2-3-12(19)20/h4-5,7H,2-3,6H2,1H3,(H,19,20). The van der Waals surface area contributed by atoms with Crippen LogP contribution in [0.3, 0.4) is 0 Å². The van der Waals surface area contributed by atoms with Crippen LogP contribution in [-0.4, -0.2) is 20.9 Å². The van der Waals surface area contributed by atoms with Crippen molar-refractivity contribution in [3.8, 4) is 0 Å². The number of hydrogen-bond acceptors (Lipinski definition) is 4. The minimum absolute atomic E-state index is 0.0236. The fourth-order valence-corrected chi connectivity index (χ4v) is 3.58. The maximum atomic E-state index is 13.5. The Morgan fingerprint density at radius 3 is 2.95 bits per heavy atom. The topological polar surface area (TPSA) is 72.2 Å². The zero-order chi connectivity index (χ0) is 15.9. The van der Waals surface area contributed by atoms with Crippen LogP contribution in [0.25, 0.3) is 20.2 Å². The number of halogens is 1. The molecule has 2 heterocycles. The summed E-state index contributed by atoms with van der Waals surface area (Å²) < 4.78 is 16.3. The summed E-state index contributed by atoms with van der Waals surface area (Å²) in [4.78, 5) is 23.2. The lowest BCUT2D eigenvalue weighted by atomic mass is 10.2. The minimum Gasteiger partial charge on any atom is -0.481 e. The summed E-state index contributed by atoms with van der Waals surface area (Å²) >= 11 is 1.41. The number of rotatable bonds is 4. The molecule has 0 amide bonds. The van der Waals surface area contributed by atoms with Crippen LogP contribution in [-0.2, 0) is 11.3 Å². The molecule has 0 saturated carbocycles. The van der Waals surface area contributed by atoms with Gasteiger partial charge in [-0.25, -0.2) is 9.07 Å². The van der Waals surface area contributed by atoms with Gasteiger partial charge in [0.2, 0.25) is 0 Å². The van der Waals surface area contributed by atoms with Crippen LogP contribution in [0.15, 0.2) is 23.0 Å². The molecule has 2 aromatic heterocycles. The zero-order valence-electron chi connectivity index (χ0n) is 11.8. The van der Waals surface area contributed by atoms with E-state index in [0.717, 1.165) is 9.40 Å². The summed E-state index contributed by atoms with van der Waals surface area (Å²) in [6.07, 6.45) is 0.299. The predicted molar refractivity (Wildman–Crippen MR) is 83.0 cm³/mol. The van der Waals surface area contributed by atoms with Crippen molar-refractivity contribution in [2.24, 2.45) is 0 Å². The molecule has 114 valence electrons. The summed E-state index contributed by atoms with van der Waals surface area (Å²) in [5, 5.41) is 14.0. The summed E-state index contributed by atoms with van der Waals surface area (Å²) in [5.74, 6) is -1.30. The van der Waals surface area contributed by atoms with Crippen molar-refractivity contribution in [3.05, 3.63) is 40.1 Å². The first-order valence-corrected chi connectivity index (χ1v) is 7.60. The van der Waals surface area contributed by atoms with Crippen LogP contribution in [0.4, 0.5) is 4.39 Å². The molecule has 0 radical (unpaired) electrons.